The first kappa shape index (κ1) is 26.2. The van der Waals surface area contributed by atoms with Crippen molar-refractivity contribution < 1.29 is 9.47 Å². The van der Waals surface area contributed by atoms with Crippen molar-refractivity contribution in [1.82, 2.24) is 15.6 Å². The molecule has 0 aliphatic carbocycles. The summed E-state index contributed by atoms with van der Waals surface area (Å²) in [5.74, 6) is 2.69. The van der Waals surface area contributed by atoms with E-state index in [2.05, 4.69) is 65.6 Å². The van der Waals surface area contributed by atoms with E-state index < -0.39 is 0 Å². The van der Waals surface area contributed by atoms with Crippen LogP contribution < -0.4 is 20.3 Å². The molecule has 1 saturated heterocycles. The highest BCUT2D eigenvalue weighted by Crippen LogP contribution is 2.20. The Bertz CT molecular complexity index is 877. The SMILES string of the molecule is CCNC(=NCc1ccnc(N2CCOC(C)C2)c1)NCc1ccc(C)cc1OCC.I. The molecule has 1 aromatic heterocycles. The number of nitrogens with one attached hydrogen (secondary N) is 2. The summed E-state index contributed by atoms with van der Waals surface area (Å²) < 4.78 is 11.4. The van der Waals surface area contributed by atoms with Gasteiger partial charge in [0.25, 0.3) is 0 Å². The van der Waals surface area contributed by atoms with Gasteiger partial charge < -0.3 is 25.0 Å². The minimum Gasteiger partial charge on any atom is -0.494 e. The molecule has 0 saturated carbocycles. The second kappa shape index (κ2) is 13.5. The van der Waals surface area contributed by atoms with Gasteiger partial charge in [0.15, 0.2) is 5.96 Å². The van der Waals surface area contributed by atoms with Crippen LogP contribution in [-0.4, -0.2) is 49.9 Å². The first-order valence-corrected chi connectivity index (χ1v) is 11.1. The van der Waals surface area contributed by atoms with Gasteiger partial charge in [-0.1, -0.05) is 12.1 Å². The molecule has 1 aromatic carbocycles. The van der Waals surface area contributed by atoms with Crippen molar-refractivity contribution in [2.75, 3.05) is 37.7 Å². The Hall–Kier alpha value is -2.07. The van der Waals surface area contributed by atoms with Crippen LogP contribution in [0.4, 0.5) is 5.82 Å². The highest BCUT2D eigenvalue weighted by molar-refractivity contribution is 14.0. The van der Waals surface area contributed by atoms with Gasteiger partial charge in [0, 0.05) is 37.9 Å². The van der Waals surface area contributed by atoms with Crippen LogP contribution >= 0.6 is 24.0 Å². The van der Waals surface area contributed by atoms with Crippen LogP contribution in [0, 0.1) is 6.92 Å². The lowest BCUT2D eigenvalue weighted by molar-refractivity contribution is 0.0529. The van der Waals surface area contributed by atoms with E-state index in [1.807, 2.05) is 19.2 Å². The Kier molecular flexibility index (Phi) is 11.0. The highest BCUT2D eigenvalue weighted by atomic mass is 127. The number of nitrogens with zero attached hydrogens (tertiary/aromatic N) is 3. The number of pyridine rings is 1. The molecular formula is C24H36IN5O2. The van der Waals surface area contributed by atoms with Crippen LogP contribution in [0.5, 0.6) is 5.75 Å². The number of guanidine groups is 1. The molecule has 32 heavy (non-hydrogen) atoms. The van der Waals surface area contributed by atoms with Gasteiger partial charge >= 0.3 is 0 Å². The molecule has 1 aliphatic heterocycles. The van der Waals surface area contributed by atoms with Crippen LogP contribution in [-0.2, 0) is 17.8 Å². The molecule has 1 unspecified atom stereocenters. The predicted octanol–water partition coefficient (Wildman–Crippen LogP) is 3.89. The molecule has 3 rings (SSSR count). The van der Waals surface area contributed by atoms with E-state index in [1.165, 1.54) is 5.56 Å². The predicted molar refractivity (Wildman–Crippen MR) is 141 cm³/mol. The van der Waals surface area contributed by atoms with E-state index in [0.717, 1.165) is 54.9 Å². The molecule has 8 heteroatoms. The normalized spacial score (nSPS) is 16.3. The molecule has 7 nitrogen and oxygen atoms in total. The zero-order chi connectivity index (χ0) is 22.1. The number of ether oxygens (including phenoxy) is 2. The number of anilines is 1. The number of aliphatic imine (C=N–C) groups is 1. The molecule has 0 radical (unpaired) electrons. The van der Waals surface area contributed by atoms with Crippen molar-refractivity contribution >= 4 is 35.8 Å². The molecule has 1 atom stereocenters. The second-order valence-corrected chi connectivity index (χ2v) is 7.74. The van der Waals surface area contributed by atoms with E-state index in [1.54, 1.807) is 0 Å². The molecule has 2 N–H and O–H groups in total. The van der Waals surface area contributed by atoms with Crippen molar-refractivity contribution in [2.45, 2.75) is 46.9 Å². The number of halogens is 1. The fourth-order valence-corrected chi connectivity index (χ4v) is 3.55. The molecule has 2 aromatic rings. The maximum atomic E-state index is 5.80. The minimum atomic E-state index is 0. The molecule has 0 amide bonds. The Morgan fingerprint density at radius 3 is 2.84 bits per heavy atom. The van der Waals surface area contributed by atoms with E-state index >= 15 is 0 Å². The molecular weight excluding hydrogens is 517 g/mol. The fourth-order valence-electron chi connectivity index (χ4n) is 3.55. The lowest BCUT2D eigenvalue weighted by atomic mass is 10.1. The average molecular weight is 553 g/mol. The third-order valence-corrected chi connectivity index (χ3v) is 5.11. The lowest BCUT2D eigenvalue weighted by Crippen LogP contribution is -2.41. The Morgan fingerprint density at radius 1 is 1.25 bits per heavy atom. The zero-order valence-electron chi connectivity index (χ0n) is 19.6. The maximum absolute atomic E-state index is 5.80. The van der Waals surface area contributed by atoms with Crippen LogP contribution in [0.3, 0.4) is 0 Å². The zero-order valence-corrected chi connectivity index (χ0v) is 21.9. The van der Waals surface area contributed by atoms with Crippen LogP contribution in [0.2, 0.25) is 0 Å². The number of hydrogen-bond donors (Lipinski definition) is 2. The van der Waals surface area contributed by atoms with Gasteiger partial charge in [0.2, 0.25) is 0 Å². The number of aryl methyl sites for hydroxylation is 1. The Balaban J connectivity index is 0.00000363. The van der Waals surface area contributed by atoms with Gasteiger partial charge in [0.1, 0.15) is 11.6 Å². The first-order chi connectivity index (χ1) is 15.1. The molecule has 2 heterocycles. The van der Waals surface area contributed by atoms with E-state index in [-0.39, 0.29) is 30.1 Å². The van der Waals surface area contributed by atoms with Crippen molar-refractivity contribution in [3.63, 3.8) is 0 Å². The van der Waals surface area contributed by atoms with Crippen LogP contribution in [0.25, 0.3) is 0 Å². The molecule has 176 valence electrons. The average Bonchev–Trinajstić information content (AvgIpc) is 2.77. The standard InChI is InChI=1S/C24H35N5O2.HI/c1-5-25-24(28-16-21-8-7-18(3)13-22(21)30-6-2)27-15-20-9-10-26-23(14-20)29-11-12-31-19(4)17-29;/h7-10,13-14,19H,5-6,11-12,15-17H2,1-4H3,(H2,25,27,28);1H. The van der Waals surface area contributed by atoms with Gasteiger partial charge in [-0.05, 0) is 57.0 Å². The number of benzene rings is 1. The number of morpholine rings is 1. The summed E-state index contributed by atoms with van der Waals surface area (Å²) in [6.07, 6.45) is 2.09. The Morgan fingerprint density at radius 2 is 2.09 bits per heavy atom. The fraction of sp³-hybridized carbons (Fsp3) is 0.500. The van der Waals surface area contributed by atoms with E-state index in [4.69, 9.17) is 14.5 Å². The minimum absolute atomic E-state index is 0. The van der Waals surface area contributed by atoms with Crippen LogP contribution in [0.15, 0.2) is 41.5 Å². The molecule has 1 aliphatic rings. The monoisotopic (exact) mass is 553 g/mol. The van der Waals surface area contributed by atoms with Crippen molar-refractivity contribution in [1.29, 1.82) is 0 Å². The van der Waals surface area contributed by atoms with Gasteiger partial charge in [-0.25, -0.2) is 9.98 Å². The van der Waals surface area contributed by atoms with E-state index in [0.29, 0.717) is 19.7 Å². The molecule has 0 spiro atoms. The van der Waals surface area contributed by atoms with Crippen molar-refractivity contribution in [3.8, 4) is 5.75 Å². The van der Waals surface area contributed by atoms with Crippen LogP contribution in [0.1, 0.15) is 37.5 Å². The Labute approximate surface area is 209 Å². The summed E-state index contributed by atoms with van der Waals surface area (Å²) in [5, 5.41) is 6.75. The lowest BCUT2D eigenvalue weighted by Gasteiger charge is -2.32. The molecule has 0 bridgehead atoms. The summed E-state index contributed by atoms with van der Waals surface area (Å²) >= 11 is 0. The largest absolute Gasteiger partial charge is 0.494 e. The van der Waals surface area contributed by atoms with Crippen molar-refractivity contribution in [3.05, 3.63) is 53.2 Å². The number of rotatable bonds is 8. The van der Waals surface area contributed by atoms with Gasteiger partial charge in [-0.3, -0.25) is 0 Å². The maximum Gasteiger partial charge on any atom is 0.191 e. The first-order valence-electron chi connectivity index (χ1n) is 11.1. The second-order valence-electron chi connectivity index (χ2n) is 7.74. The summed E-state index contributed by atoms with van der Waals surface area (Å²) in [5.41, 5.74) is 3.44. The number of aromatic nitrogens is 1. The van der Waals surface area contributed by atoms with Gasteiger partial charge in [0.05, 0.1) is 25.9 Å². The summed E-state index contributed by atoms with van der Waals surface area (Å²) in [7, 11) is 0. The quantitative estimate of drug-likeness (QED) is 0.294. The van der Waals surface area contributed by atoms with E-state index in [9.17, 15) is 0 Å². The molecule has 1 fully saturated rings. The third-order valence-electron chi connectivity index (χ3n) is 5.11. The summed E-state index contributed by atoms with van der Waals surface area (Å²) in [6, 6.07) is 10.4. The summed E-state index contributed by atoms with van der Waals surface area (Å²) in [6.45, 7) is 13.4. The van der Waals surface area contributed by atoms with Gasteiger partial charge in [-0.2, -0.15) is 0 Å². The third kappa shape index (κ3) is 7.81. The topological polar surface area (TPSA) is 71.0 Å². The summed E-state index contributed by atoms with van der Waals surface area (Å²) in [4.78, 5) is 11.6. The number of hydrogen-bond acceptors (Lipinski definition) is 5. The highest BCUT2D eigenvalue weighted by Gasteiger charge is 2.18. The smallest absolute Gasteiger partial charge is 0.191 e. The van der Waals surface area contributed by atoms with Crippen molar-refractivity contribution in [2.24, 2.45) is 4.99 Å². The van der Waals surface area contributed by atoms with Gasteiger partial charge in [-0.15, -0.1) is 24.0 Å².